The van der Waals surface area contributed by atoms with E-state index in [-0.39, 0.29) is 19.4 Å². The molecule has 0 spiro atoms. The van der Waals surface area contributed by atoms with Crippen LogP contribution in [0, 0.1) is 5.92 Å². The molecule has 50 heavy (non-hydrogen) atoms. The summed E-state index contributed by atoms with van der Waals surface area (Å²) in [6, 6.07) is 5.16. The number of hydrogen-bond acceptors (Lipinski definition) is 10. The number of rotatable bonds is 13. The summed E-state index contributed by atoms with van der Waals surface area (Å²) in [6.07, 6.45) is 3.67. The number of benzene rings is 1. The highest BCUT2D eigenvalue weighted by Crippen LogP contribution is 2.45. The molecule has 1 aromatic heterocycles. The van der Waals surface area contributed by atoms with Gasteiger partial charge in [0, 0.05) is 31.0 Å². The first-order chi connectivity index (χ1) is 23.5. The Labute approximate surface area is 292 Å². The van der Waals surface area contributed by atoms with E-state index in [1.807, 2.05) is 25.1 Å². The van der Waals surface area contributed by atoms with E-state index in [1.54, 1.807) is 40.1 Å². The van der Waals surface area contributed by atoms with Gasteiger partial charge in [-0.2, -0.15) is 0 Å². The normalized spacial score (nSPS) is 23.8. The molecule has 2 aliphatic carbocycles. The summed E-state index contributed by atoms with van der Waals surface area (Å²) < 4.78 is 44.7. The first-order valence-electron chi connectivity index (χ1n) is 16.9. The number of fused-ring (bicyclic) bond motifs is 1. The fraction of sp³-hybridized carbons (Fsp3) is 0.571. The molecule has 0 radical (unpaired) electrons. The number of aromatic nitrogens is 1. The number of sulfonamides is 1. The number of amides is 4. The van der Waals surface area contributed by atoms with Crippen LogP contribution in [0.25, 0.3) is 10.8 Å². The van der Waals surface area contributed by atoms with Crippen molar-refractivity contribution in [1.82, 2.24) is 24.8 Å². The number of likely N-dealkylation sites (tertiary alicyclic amines) is 1. The highest BCUT2D eigenvalue weighted by molar-refractivity contribution is 7.91. The van der Waals surface area contributed by atoms with E-state index in [0.29, 0.717) is 42.7 Å². The number of pyridine rings is 1. The van der Waals surface area contributed by atoms with Crippen LogP contribution in [-0.4, -0.2) is 102 Å². The lowest BCUT2D eigenvalue weighted by molar-refractivity contribution is -0.143. The van der Waals surface area contributed by atoms with Crippen LogP contribution in [0.15, 0.2) is 43.1 Å². The van der Waals surface area contributed by atoms with E-state index in [2.05, 4.69) is 21.6 Å². The maximum atomic E-state index is 14.4. The molecule has 5 rings (SSSR count). The summed E-state index contributed by atoms with van der Waals surface area (Å²) >= 11 is 0. The molecule has 2 heterocycles. The van der Waals surface area contributed by atoms with Crippen LogP contribution in [0.5, 0.6) is 11.6 Å². The fourth-order valence-electron chi connectivity index (χ4n) is 6.31. The number of likely N-dealkylation sites (N-methyl/N-ethyl adjacent to an activating group) is 1. The molecule has 3 aliphatic rings. The zero-order valence-electron chi connectivity index (χ0n) is 29.4. The van der Waals surface area contributed by atoms with Gasteiger partial charge < -0.3 is 24.4 Å². The second kappa shape index (κ2) is 14.1. The number of hydrogen-bond donors (Lipinski definition) is 2. The third-order valence-electron chi connectivity index (χ3n) is 9.31. The Morgan fingerprint density at radius 3 is 2.52 bits per heavy atom. The van der Waals surface area contributed by atoms with Crippen LogP contribution in [-0.2, 0) is 29.1 Å². The number of ether oxygens (including phenoxy) is 3. The first-order valence-corrected chi connectivity index (χ1v) is 18.4. The third kappa shape index (κ3) is 7.82. The summed E-state index contributed by atoms with van der Waals surface area (Å²) in [5, 5.41) is 3.67. The quantitative estimate of drug-likeness (QED) is 0.293. The number of carbonyl (C=O) groups is 4. The average molecular weight is 714 g/mol. The predicted octanol–water partition coefficient (Wildman–Crippen LogP) is 3.30. The van der Waals surface area contributed by atoms with Crippen molar-refractivity contribution in [2.75, 3.05) is 20.7 Å². The molecule has 1 saturated heterocycles. The van der Waals surface area contributed by atoms with Gasteiger partial charge in [0.15, 0.2) is 0 Å². The second-order valence-electron chi connectivity index (χ2n) is 14.3. The van der Waals surface area contributed by atoms with Crippen molar-refractivity contribution in [3.63, 3.8) is 0 Å². The standard InChI is InChI=1S/C35H47N5O9S/c1-8-10-27(39(6)33(44)49-34(3,4)5)31(42)40-20-24(48-30-26-14-11-23(47-7)17-21(26)15-16-36-30)18-28(40)29(41)37-35(19-22(35)9-2)32(43)38-50(45,46)25-12-13-25/h9,11,14-17,22,24-25,27-28H,2,8,10,12-13,18-20H2,1,3-7H3,(H,37,41)(H,38,43)/t22-,24-,27+,28+,35-/m1/s1. The topological polar surface area (TPSA) is 174 Å². The van der Waals surface area contributed by atoms with Crippen LogP contribution in [0.2, 0.25) is 0 Å². The molecule has 2 aromatic rings. The molecule has 272 valence electrons. The Morgan fingerprint density at radius 2 is 1.92 bits per heavy atom. The lowest BCUT2D eigenvalue weighted by Crippen LogP contribution is -2.58. The first kappa shape index (κ1) is 36.9. The van der Waals surface area contributed by atoms with Gasteiger partial charge in [0.05, 0.1) is 18.9 Å². The number of nitrogens with one attached hydrogen (secondary N) is 2. The number of carbonyl (C=O) groups excluding carboxylic acids is 4. The Kier molecular flexibility index (Phi) is 10.4. The minimum atomic E-state index is -3.89. The van der Waals surface area contributed by atoms with Gasteiger partial charge in [-0.05, 0) is 76.1 Å². The molecule has 5 atom stereocenters. The smallest absolute Gasteiger partial charge is 0.410 e. The predicted molar refractivity (Wildman–Crippen MR) is 185 cm³/mol. The Morgan fingerprint density at radius 1 is 1.20 bits per heavy atom. The fourth-order valence-corrected chi connectivity index (χ4v) is 7.67. The minimum absolute atomic E-state index is 0.0202. The van der Waals surface area contributed by atoms with Crippen molar-refractivity contribution < 1.29 is 41.8 Å². The van der Waals surface area contributed by atoms with Gasteiger partial charge in [0.1, 0.15) is 35.1 Å². The lowest BCUT2D eigenvalue weighted by atomic mass is 10.1. The van der Waals surface area contributed by atoms with Gasteiger partial charge >= 0.3 is 6.09 Å². The van der Waals surface area contributed by atoms with E-state index >= 15 is 0 Å². The van der Waals surface area contributed by atoms with Gasteiger partial charge in [0.2, 0.25) is 27.7 Å². The van der Waals surface area contributed by atoms with E-state index in [1.165, 1.54) is 22.9 Å². The maximum absolute atomic E-state index is 14.4. The summed E-state index contributed by atoms with van der Waals surface area (Å²) in [7, 11) is -0.835. The second-order valence-corrected chi connectivity index (χ2v) is 16.2. The van der Waals surface area contributed by atoms with E-state index < -0.39 is 74.3 Å². The lowest BCUT2D eigenvalue weighted by Gasteiger charge is -2.34. The summed E-state index contributed by atoms with van der Waals surface area (Å²) in [5.41, 5.74) is -2.34. The Hall–Kier alpha value is -4.40. The highest BCUT2D eigenvalue weighted by Gasteiger charge is 2.62. The third-order valence-corrected chi connectivity index (χ3v) is 11.1. The Balaban J connectivity index is 1.44. The van der Waals surface area contributed by atoms with Crippen molar-refractivity contribution in [2.24, 2.45) is 5.92 Å². The SMILES string of the molecule is C=C[C@@H]1C[C@]1(NC(=O)[C@@H]1C[C@@H](Oc2nccc3cc(OC)ccc23)CN1C(=O)[C@H](CCC)N(C)C(=O)OC(C)(C)C)C(=O)NS(=O)(=O)C1CC1. The van der Waals surface area contributed by atoms with E-state index in [4.69, 9.17) is 14.2 Å². The van der Waals surface area contributed by atoms with Crippen LogP contribution in [0.1, 0.15) is 66.2 Å². The minimum Gasteiger partial charge on any atom is -0.497 e. The van der Waals surface area contributed by atoms with Crippen molar-refractivity contribution in [3.05, 3.63) is 43.1 Å². The van der Waals surface area contributed by atoms with Crippen molar-refractivity contribution in [3.8, 4) is 11.6 Å². The van der Waals surface area contributed by atoms with Crippen LogP contribution >= 0.6 is 0 Å². The van der Waals surface area contributed by atoms with Crippen molar-refractivity contribution >= 4 is 44.6 Å². The molecule has 1 aliphatic heterocycles. The van der Waals surface area contributed by atoms with Crippen LogP contribution in [0.4, 0.5) is 4.79 Å². The molecule has 2 saturated carbocycles. The summed E-state index contributed by atoms with van der Waals surface area (Å²) in [6.45, 7) is 10.8. The largest absolute Gasteiger partial charge is 0.497 e. The summed E-state index contributed by atoms with van der Waals surface area (Å²) in [4.78, 5) is 62.1. The molecule has 1 aromatic carbocycles. The maximum Gasteiger partial charge on any atom is 0.410 e. The van der Waals surface area contributed by atoms with Crippen LogP contribution < -0.4 is 19.5 Å². The monoisotopic (exact) mass is 713 g/mol. The van der Waals surface area contributed by atoms with E-state index in [9.17, 15) is 27.6 Å². The van der Waals surface area contributed by atoms with Crippen molar-refractivity contribution in [2.45, 2.75) is 101 Å². The molecule has 2 N–H and O–H groups in total. The van der Waals surface area contributed by atoms with Crippen molar-refractivity contribution in [1.29, 1.82) is 0 Å². The number of methoxy groups -OCH3 is 1. The summed E-state index contributed by atoms with van der Waals surface area (Å²) in [5.74, 6) is -1.54. The number of nitrogens with zero attached hydrogens (tertiary/aromatic N) is 3. The zero-order chi connectivity index (χ0) is 36.6. The van der Waals surface area contributed by atoms with Gasteiger partial charge in [-0.15, -0.1) is 6.58 Å². The average Bonchev–Trinajstić information content (AvgIpc) is 3.99. The van der Waals surface area contributed by atoms with Gasteiger partial charge in [0.25, 0.3) is 5.91 Å². The molecular weight excluding hydrogens is 666 g/mol. The molecular formula is C35H47N5O9S. The van der Waals surface area contributed by atoms with Gasteiger partial charge in [-0.3, -0.25) is 24.0 Å². The van der Waals surface area contributed by atoms with Crippen LogP contribution in [0.3, 0.4) is 0 Å². The molecule has 3 fully saturated rings. The Bertz CT molecular complexity index is 1770. The van der Waals surface area contributed by atoms with E-state index in [0.717, 1.165) is 5.39 Å². The molecule has 14 nitrogen and oxygen atoms in total. The highest BCUT2D eigenvalue weighted by atomic mass is 32.2. The molecule has 0 bridgehead atoms. The molecule has 4 amide bonds. The molecule has 15 heteroatoms. The van der Waals surface area contributed by atoms with Gasteiger partial charge in [-0.1, -0.05) is 19.4 Å². The zero-order valence-corrected chi connectivity index (χ0v) is 30.2. The van der Waals surface area contributed by atoms with Gasteiger partial charge in [-0.25, -0.2) is 18.2 Å². The molecule has 0 unspecified atom stereocenters.